The molecule has 2 N–H and O–H groups in total. The summed E-state index contributed by atoms with van der Waals surface area (Å²) in [4.78, 5) is 14.1. The van der Waals surface area contributed by atoms with Gasteiger partial charge in [0, 0.05) is 17.1 Å². The molecule has 0 unspecified atom stereocenters. The summed E-state index contributed by atoms with van der Waals surface area (Å²) in [6.07, 6.45) is 2.43. The predicted octanol–water partition coefficient (Wildman–Crippen LogP) is 2.52. The molecule has 0 atom stereocenters. The molecule has 1 heterocycles. The largest absolute Gasteiger partial charge is 0.338 e. The molecule has 0 radical (unpaired) electrons. The number of piperidine rings is 1. The highest BCUT2D eigenvalue weighted by Crippen LogP contribution is 2.15. The van der Waals surface area contributed by atoms with Gasteiger partial charge in [0.1, 0.15) is 5.82 Å². The van der Waals surface area contributed by atoms with E-state index in [1.54, 1.807) is 12.1 Å². The second-order valence-electron chi connectivity index (χ2n) is 5.46. The van der Waals surface area contributed by atoms with Crippen molar-refractivity contribution in [3.8, 4) is 0 Å². The number of nitrogens with zero attached hydrogens (tertiary/aromatic N) is 1. The van der Waals surface area contributed by atoms with Crippen LogP contribution in [0.15, 0.2) is 22.7 Å². The smallest absolute Gasteiger partial charge is 0.315 e. The van der Waals surface area contributed by atoms with Crippen molar-refractivity contribution in [2.75, 3.05) is 26.7 Å². The minimum Gasteiger partial charge on any atom is -0.338 e. The van der Waals surface area contributed by atoms with Gasteiger partial charge >= 0.3 is 6.03 Å². The van der Waals surface area contributed by atoms with Gasteiger partial charge in [-0.3, -0.25) is 0 Å². The van der Waals surface area contributed by atoms with Crippen molar-refractivity contribution in [3.05, 3.63) is 34.1 Å². The van der Waals surface area contributed by atoms with Gasteiger partial charge in [-0.1, -0.05) is 15.9 Å². The first kappa shape index (κ1) is 16.2. The zero-order valence-corrected chi connectivity index (χ0v) is 13.7. The number of urea groups is 1. The van der Waals surface area contributed by atoms with Crippen LogP contribution in [0.2, 0.25) is 0 Å². The lowest BCUT2D eigenvalue weighted by Crippen LogP contribution is -2.47. The van der Waals surface area contributed by atoms with E-state index in [1.165, 1.54) is 6.07 Å². The molecule has 6 heteroatoms. The molecule has 0 aromatic heterocycles. The number of likely N-dealkylation sites (tertiary alicyclic amines) is 1. The highest BCUT2D eigenvalue weighted by Gasteiger charge is 2.18. The van der Waals surface area contributed by atoms with Crippen LogP contribution in [-0.4, -0.2) is 43.7 Å². The lowest BCUT2D eigenvalue weighted by Gasteiger charge is -2.29. The van der Waals surface area contributed by atoms with Crippen LogP contribution in [0.5, 0.6) is 0 Å². The Bertz CT molecular complexity index is 490. The SMILES string of the molecule is CN1CCC(NC(=O)NCCc2cc(Br)ccc2F)CC1. The summed E-state index contributed by atoms with van der Waals surface area (Å²) in [7, 11) is 2.09. The summed E-state index contributed by atoms with van der Waals surface area (Å²) in [5.74, 6) is -0.240. The second-order valence-corrected chi connectivity index (χ2v) is 6.38. The first-order valence-electron chi connectivity index (χ1n) is 7.21. The number of halogens is 2. The van der Waals surface area contributed by atoms with Gasteiger partial charge in [-0.25, -0.2) is 9.18 Å². The number of benzene rings is 1. The summed E-state index contributed by atoms with van der Waals surface area (Å²) in [5, 5.41) is 5.76. The Morgan fingerprint density at radius 1 is 1.43 bits per heavy atom. The maximum absolute atomic E-state index is 13.5. The molecule has 0 saturated carbocycles. The van der Waals surface area contributed by atoms with E-state index in [0.29, 0.717) is 18.5 Å². The van der Waals surface area contributed by atoms with Crippen molar-refractivity contribution < 1.29 is 9.18 Å². The van der Waals surface area contributed by atoms with Crippen LogP contribution in [0.25, 0.3) is 0 Å². The van der Waals surface area contributed by atoms with Crippen molar-refractivity contribution in [1.29, 1.82) is 0 Å². The van der Waals surface area contributed by atoms with E-state index in [-0.39, 0.29) is 17.9 Å². The van der Waals surface area contributed by atoms with Gasteiger partial charge in [0.05, 0.1) is 0 Å². The van der Waals surface area contributed by atoms with Gasteiger partial charge in [0.25, 0.3) is 0 Å². The van der Waals surface area contributed by atoms with E-state index in [9.17, 15) is 9.18 Å². The summed E-state index contributed by atoms with van der Waals surface area (Å²) in [5.41, 5.74) is 0.601. The van der Waals surface area contributed by atoms with Crippen LogP contribution in [-0.2, 0) is 6.42 Å². The molecule has 1 aromatic carbocycles. The predicted molar refractivity (Wildman–Crippen MR) is 84.9 cm³/mol. The quantitative estimate of drug-likeness (QED) is 0.869. The lowest BCUT2D eigenvalue weighted by molar-refractivity contribution is 0.214. The summed E-state index contributed by atoms with van der Waals surface area (Å²) in [6.45, 7) is 2.44. The number of carbonyl (C=O) groups excluding carboxylic acids is 1. The first-order valence-corrected chi connectivity index (χ1v) is 8.01. The third-order valence-electron chi connectivity index (χ3n) is 3.74. The van der Waals surface area contributed by atoms with Crippen molar-refractivity contribution in [3.63, 3.8) is 0 Å². The van der Waals surface area contributed by atoms with E-state index in [4.69, 9.17) is 0 Å². The first-order chi connectivity index (χ1) is 10.0. The van der Waals surface area contributed by atoms with E-state index in [2.05, 4.69) is 38.5 Å². The van der Waals surface area contributed by atoms with Gasteiger partial charge in [-0.2, -0.15) is 0 Å². The number of nitrogens with one attached hydrogen (secondary N) is 2. The molecule has 116 valence electrons. The standard InChI is InChI=1S/C15H21BrFN3O/c1-20-8-5-13(6-9-20)19-15(21)18-7-4-11-10-12(16)2-3-14(11)17/h2-3,10,13H,4-9H2,1H3,(H2,18,19,21). The molecule has 0 aliphatic carbocycles. The molecule has 1 aromatic rings. The monoisotopic (exact) mass is 357 g/mol. The minimum atomic E-state index is -0.240. The van der Waals surface area contributed by atoms with E-state index >= 15 is 0 Å². The van der Waals surface area contributed by atoms with E-state index in [0.717, 1.165) is 30.4 Å². The number of hydrogen-bond donors (Lipinski definition) is 2. The van der Waals surface area contributed by atoms with Crippen LogP contribution in [0.4, 0.5) is 9.18 Å². The van der Waals surface area contributed by atoms with Gasteiger partial charge in [0.15, 0.2) is 0 Å². The third kappa shape index (κ3) is 5.28. The molecule has 21 heavy (non-hydrogen) atoms. The molecule has 2 amide bonds. The summed E-state index contributed by atoms with van der Waals surface area (Å²) < 4.78 is 14.4. The van der Waals surface area contributed by atoms with Gasteiger partial charge in [-0.15, -0.1) is 0 Å². The fourth-order valence-corrected chi connectivity index (χ4v) is 2.84. The third-order valence-corrected chi connectivity index (χ3v) is 4.23. The Labute approximate surface area is 133 Å². The molecule has 0 spiro atoms. The second kappa shape index (κ2) is 7.75. The highest BCUT2D eigenvalue weighted by molar-refractivity contribution is 9.10. The zero-order chi connectivity index (χ0) is 15.2. The Kier molecular flexibility index (Phi) is 5.99. The van der Waals surface area contributed by atoms with E-state index in [1.807, 2.05) is 0 Å². The lowest BCUT2D eigenvalue weighted by atomic mass is 10.1. The van der Waals surface area contributed by atoms with Crippen LogP contribution < -0.4 is 10.6 Å². The van der Waals surface area contributed by atoms with Crippen molar-refractivity contribution in [1.82, 2.24) is 15.5 Å². The average molecular weight is 358 g/mol. The molecule has 1 fully saturated rings. The molecule has 4 nitrogen and oxygen atoms in total. The highest BCUT2D eigenvalue weighted by atomic mass is 79.9. The molecule has 1 aliphatic rings. The normalized spacial score (nSPS) is 16.7. The maximum atomic E-state index is 13.5. The Morgan fingerprint density at radius 2 is 2.14 bits per heavy atom. The van der Waals surface area contributed by atoms with Gasteiger partial charge in [-0.05, 0) is 63.2 Å². The Hall–Kier alpha value is -1.14. The maximum Gasteiger partial charge on any atom is 0.315 e. The van der Waals surface area contributed by atoms with Gasteiger partial charge in [0.2, 0.25) is 0 Å². The van der Waals surface area contributed by atoms with Crippen molar-refractivity contribution in [2.45, 2.75) is 25.3 Å². The van der Waals surface area contributed by atoms with Crippen LogP contribution in [0.1, 0.15) is 18.4 Å². The summed E-state index contributed by atoms with van der Waals surface area (Å²) >= 11 is 3.32. The number of amides is 2. The molecular formula is C15H21BrFN3O. The van der Waals surface area contributed by atoms with E-state index < -0.39 is 0 Å². The van der Waals surface area contributed by atoms with Crippen LogP contribution in [0.3, 0.4) is 0 Å². The number of hydrogen-bond acceptors (Lipinski definition) is 2. The average Bonchev–Trinajstić information content (AvgIpc) is 2.45. The molecule has 1 saturated heterocycles. The topological polar surface area (TPSA) is 44.4 Å². The van der Waals surface area contributed by atoms with Crippen molar-refractivity contribution >= 4 is 22.0 Å². The van der Waals surface area contributed by atoms with Crippen LogP contribution >= 0.6 is 15.9 Å². The number of carbonyl (C=O) groups is 1. The Morgan fingerprint density at radius 3 is 2.86 bits per heavy atom. The van der Waals surface area contributed by atoms with Crippen LogP contribution in [0, 0.1) is 5.82 Å². The molecular weight excluding hydrogens is 337 g/mol. The molecule has 0 bridgehead atoms. The zero-order valence-electron chi connectivity index (χ0n) is 12.2. The van der Waals surface area contributed by atoms with Crippen molar-refractivity contribution in [2.24, 2.45) is 0 Å². The fraction of sp³-hybridized carbons (Fsp3) is 0.533. The fourth-order valence-electron chi connectivity index (χ4n) is 2.43. The molecule has 2 rings (SSSR count). The number of rotatable bonds is 4. The summed E-state index contributed by atoms with van der Waals surface area (Å²) in [6, 6.07) is 4.91. The molecule has 1 aliphatic heterocycles. The minimum absolute atomic E-state index is 0.167. The van der Waals surface area contributed by atoms with Gasteiger partial charge < -0.3 is 15.5 Å². The Balaban J connectivity index is 1.70.